The van der Waals surface area contributed by atoms with E-state index in [4.69, 9.17) is 11.6 Å². The topological polar surface area (TPSA) is 54.4 Å². The van der Waals surface area contributed by atoms with Crippen molar-refractivity contribution in [3.05, 3.63) is 34.9 Å². The third kappa shape index (κ3) is 3.44. The van der Waals surface area contributed by atoms with Crippen molar-refractivity contribution in [3.63, 3.8) is 0 Å². The molecule has 1 aromatic carbocycles. The fourth-order valence-electron chi connectivity index (χ4n) is 1.76. The summed E-state index contributed by atoms with van der Waals surface area (Å²) in [6.45, 7) is 3.35. The van der Waals surface area contributed by atoms with Gasteiger partial charge in [0.2, 0.25) is 0 Å². The lowest BCUT2D eigenvalue weighted by molar-refractivity contribution is 0.169. The van der Waals surface area contributed by atoms with Crippen LogP contribution in [0.5, 0.6) is 0 Å². The highest BCUT2D eigenvalue weighted by Gasteiger charge is 2.30. The Labute approximate surface area is 107 Å². The number of hydrogen-bond donors (Lipinski definition) is 1. The number of sulfone groups is 1. The zero-order valence-corrected chi connectivity index (χ0v) is 11.5. The lowest BCUT2D eigenvalue weighted by Crippen LogP contribution is -2.29. The molecule has 0 saturated heterocycles. The minimum absolute atomic E-state index is 0.0379. The van der Waals surface area contributed by atoms with Gasteiger partial charge in [0.1, 0.15) is 0 Å². The predicted molar refractivity (Wildman–Crippen MR) is 70.0 cm³/mol. The third-order valence-electron chi connectivity index (χ3n) is 2.83. The molecule has 1 N–H and O–H groups in total. The summed E-state index contributed by atoms with van der Waals surface area (Å²) in [5.74, 6) is 0.0379. The number of halogens is 1. The first kappa shape index (κ1) is 14.5. The van der Waals surface area contributed by atoms with Gasteiger partial charge in [-0.05, 0) is 24.1 Å². The van der Waals surface area contributed by atoms with Crippen LogP contribution < -0.4 is 0 Å². The summed E-state index contributed by atoms with van der Waals surface area (Å²) >= 11 is 5.75. The summed E-state index contributed by atoms with van der Waals surface area (Å²) in [5.41, 5.74) is 0.582. The molecule has 0 saturated carbocycles. The second kappa shape index (κ2) is 5.85. The molecule has 0 aliphatic heterocycles. The maximum Gasteiger partial charge on any atom is 0.155 e. The van der Waals surface area contributed by atoms with Gasteiger partial charge in [0.25, 0.3) is 0 Å². The molecule has 0 heterocycles. The Morgan fingerprint density at radius 1 is 1.24 bits per heavy atom. The molecular formula is C12H17ClO3S. The monoisotopic (exact) mass is 276 g/mol. The van der Waals surface area contributed by atoms with Crippen molar-refractivity contribution >= 4 is 21.4 Å². The molecule has 0 aliphatic rings. The molecule has 17 heavy (non-hydrogen) atoms. The van der Waals surface area contributed by atoms with Crippen LogP contribution in [0.2, 0.25) is 5.02 Å². The number of aliphatic hydroxyl groups excluding tert-OH is 1. The number of aliphatic hydroxyl groups is 1. The van der Waals surface area contributed by atoms with Gasteiger partial charge in [0.05, 0.1) is 11.4 Å². The molecule has 1 aromatic rings. The van der Waals surface area contributed by atoms with Gasteiger partial charge in [-0.1, -0.05) is 37.6 Å². The van der Waals surface area contributed by atoms with Gasteiger partial charge < -0.3 is 5.11 Å². The van der Waals surface area contributed by atoms with Gasteiger partial charge in [0, 0.05) is 10.8 Å². The first-order chi connectivity index (χ1) is 7.92. The first-order valence-corrected chi connectivity index (χ1v) is 7.66. The van der Waals surface area contributed by atoms with E-state index in [2.05, 4.69) is 0 Å². The molecule has 1 rings (SSSR count). The zero-order valence-electron chi connectivity index (χ0n) is 9.93. The molecule has 96 valence electrons. The van der Waals surface area contributed by atoms with Gasteiger partial charge >= 0.3 is 0 Å². The fraction of sp³-hybridized carbons (Fsp3) is 0.500. The van der Waals surface area contributed by atoms with Crippen LogP contribution in [0, 0.1) is 0 Å². The Balaban J connectivity index is 3.02. The van der Waals surface area contributed by atoms with Crippen LogP contribution in [0.25, 0.3) is 0 Å². The summed E-state index contributed by atoms with van der Waals surface area (Å²) in [6.07, 6.45) is -0.609. The van der Waals surface area contributed by atoms with Crippen molar-refractivity contribution < 1.29 is 13.5 Å². The summed E-state index contributed by atoms with van der Waals surface area (Å²) in [4.78, 5) is 0. The normalized spacial score (nSPS) is 15.5. The Bertz CT molecular complexity index is 453. The van der Waals surface area contributed by atoms with E-state index in [9.17, 15) is 13.5 Å². The van der Waals surface area contributed by atoms with E-state index in [-0.39, 0.29) is 5.75 Å². The van der Waals surface area contributed by atoms with E-state index in [1.54, 1.807) is 38.1 Å². The lowest BCUT2D eigenvalue weighted by atomic mass is 10.1. The minimum Gasteiger partial charge on any atom is -0.387 e. The molecule has 0 fully saturated rings. The van der Waals surface area contributed by atoms with Crippen molar-refractivity contribution in [2.75, 3.05) is 5.75 Å². The van der Waals surface area contributed by atoms with Crippen LogP contribution in [0.3, 0.4) is 0 Å². The van der Waals surface area contributed by atoms with Gasteiger partial charge in [-0.25, -0.2) is 8.42 Å². The molecule has 2 atom stereocenters. The Morgan fingerprint density at radius 2 is 1.76 bits per heavy atom. The quantitative estimate of drug-likeness (QED) is 0.899. The molecule has 0 aromatic heterocycles. The van der Waals surface area contributed by atoms with E-state index < -0.39 is 21.2 Å². The highest BCUT2D eigenvalue weighted by Crippen LogP contribution is 2.26. The summed E-state index contributed by atoms with van der Waals surface area (Å²) in [5, 5.41) is 9.92. The maximum absolute atomic E-state index is 11.8. The molecule has 5 heteroatoms. The standard InChI is InChI=1S/C12H17ClO3S/c1-3-11(17(15,16)4-2)12(14)9-5-7-10(13)8-6-9/h5-8,11-12,14H,3-4H2,1-2H3. The van der Waals surface area contributed by atoms with Crippen molar-refractivity contribution in [3.8, 4) is 0 Å². The Hall–Kier alpha value is -0.580. The van der Waals surface area contributed by atoms with E-state index in [0.29, 0.717) is 17.0 Å². The van der Waals surface area contributed by atoms with Gasteiger partial charge in [-0.15, -0.1) is 0 Å². The number of benzene rings is 1. The fourth-order valence-corrected chi connectivity index (χ4v) is 3.37. The second-order valence-electron chi connectivity index (χ2n) is 3.89. The zero-order chi connectivity index (χ0) is 13.1. The van der Waals surface area contributed by atoms with Crippen LogP contribution >= 0.6 is 11.6 Å². The van der Waals surface area contributed by atoms with E-state index in [0.717, 1.165) is 0 Å². The van der Waals surface area contributed by atoms with Crippen molar-refractivity contribution in [1.82, 2.24) is 0 Å². The van der Waals surface area contributed by atoms with Gasteiger partial charge in [0.15, 0.2) is 9.84 Å². The molecule has 0 spiro atoms. The van der Waals surface area contributed by atoms with Crippen LogP contribution in [-0.2, 0) is 9.84 Å². The third-order valence-corrected chi connectivity index (χ3v) is 5.40. The van der Waals surface area contributed by atoms with E-state index in [1.165, 1.54) is 0 Å². The van der Waals surface area contributed by atoms with Crippen LogP contribution in [-0.4, -0.2) is 24.5 Å². The van der Waals surface area contributed by atoms with Crippen LogP contribution in [0.1, 0.15) is 31.9 Å². The van der Waals surface area contributed by atoms with Gasteiger partial charge in [-0.2, -0.15) is 0 Å². The first-order valence-electron chi connectivity index (χ1n) is 5.57. The average molecular weight is 277 g/mol. The van der Waals surface area contributed by atoms with E-state index in [1.807, 2.05) is 0 Å². The molecule has 0 bridgehead atoms. The molecule has 0 aliphatic carbocycles. The van der Waals surface area contributed by atoms with Crippen molar-refractivity contribution in [2.24, 2.45) is 0 Å². The van der Waals surface area contributed by atoms with Gasteiger partial charge in [-0.3, -0.25) is 0 Å². The number of hydrogen-bond acceptors (Lipinski definition) is 3. The lowest BCUT2D eigenvalue weighted by Gasteiger charge is -2.21. The summed E-state index contributed by atoms with van der Waals surface area (Å²) < 4.78 is 23.7. The predicted octanol–water partition coefficient (Wildman–Crippen LogP) is 2.59. The molecule has 2 unspecified atom stereocenters. The smallest absolute Gasteiger partial charge is 0.155 e. The van der Waals surface area contributed by atoms with Crippen molar-refractivity contribution in [1.29, 1.82) is 0 Å². The summed E-state index contributed by atoms with van der Waals surface area (Å²) in [7, 11) is -3.25. The molecule has 0 amide bonds. The van der Waals surface area contributed by atoms with Crippen molar-refractivity contribution in [2.45, 2.75) is 31.6 Å². The Morgan fingerprint density at radius 3 is 2.18 bits per heavy atom. The molecule has 0 radical (unpaired) electrons. The largest absolute Gasteiger partial charge is 0.387 e. The van der Waals surface area contributed by atoms with Crippen LogP contribution in [0.4, 0.5) is 0 Å². The average Bonchev–Trinajstić information content (AvgIpc) is 2.30. The highest BCUT2D eigenvalue weighted by molar-refractivity contribution is 7.92. The molecular weight excluding hydrogens is 260 g/mol. The minimum atomic E-state index is -3.25. The summed E-state index contributed by atoms with van der Waals surface area (Å²) in [6, 6.07) is 6.60. The molecule has 3 nitrogen and oxygen atoms in total. The van der Waals surface area contributed by atoms with Crippen LogP contribution in [0.15, 0.2) is 24.3 Å². The Kier molecular flexibility index (Phi) is 4.98. The van der Waals surface area contributed by atoms with E-state index >= 15 is 0 Å². The highest BCUT2D eigenvalue weighted by atomic mass is 35.5. The SMILES string of the molecule is CCC(C(O)c1ccc(Cl)cc1)S(=O)(=O)CC. The number of rotatable bonds is 5. The second-order valence-corrected chi connectivity index (χ2v) is 6.84. The maximum atomic E-state index is 11.8.